The maximum atomic E-state index is 5.89. The summed E-state index contributed by atoms with van der Waals surface area (Å²) in [6.45, 7) is 7.22. The van der Waals surface area contributed by atoms with Gasteiger partial charge in [0.05, 0.1) is 22.9 Å². The van der Waals surface area contributed by atoms with E-state index in [1.807, 2.05) is 6.92 Å². The Morgan fingerprint density at radius 3 is 2.79 bits per heavy atom. The molecule has 5 heteroatoms. The van der Waals surface area contributed by atoms with Crippen molar-refractivity contribution in [2.75, 3.05) is 10.6 Å². The Morgan fingerprint density at radius 1 is 1.47 bits per heavy atom. The number of anilines is 2. The number of aromatic nitrogens is 1. The van der Waals surface area contributed by atoms with E-state index in [9.17, 15) is 0 Å². The third kappa shape index (κ3) is 3.09. The van der Waals surface area contributed by atoms with Crippen LogP contribution in [0.2, 0.25) is 0 Å². The zero-order valence-electron chi connectivity index (χ0n) is 11.4. The maximum Gasteiger partial charge on any atom is 0.143 e. The van der Waals surface area contributed by atoms with Crippen LogP contribution < -0.4 is 10.6 Å². The van der Waals surface area contributed by atoms with Crippen LogP contribution in [0.15, 0.2) is 28.2 Å². The molecule has 2 aromatic rings. The van der Waals surface area contributed by atoms with Crippen LogP contribution in [0.25, 0.3) is 0 Å². The molecule has 0 bridgehead atoms. The van der Waals surface area contributed by atoms with Crippen LogP contribution in [0.1, 0.15) is 24.3 Å². The molecule has 2 aromatic heterocycles. The van der Waals surface area contributed by atoms with Crippen molar-refractivity contribution >= 4 is 38.8 Å². The van der Waals surface area contributed by atoms with Crippen molar-refractivity contribution < 1.29 is 0 Å². The van der Waals surface area contributed by atoms with Gasteiger partial charge in [0, 0.05) is 10.9 Å². The van der Waals surface area contributed by atoms with Crippen LogP contribution in [0.5, 0.6) is 0 Å². The lowest BCUT2D eigenvalue weighted by Crippen LogP contribution is -2.31. The van der Waals surface area contributed by atoms with E-state index in [1.54, 1.807) is 17.5 Å². The molecule has 0 atom stereocenters. The minimum Gasteiger partial charge on any atom is -0.397 e. The van der Waals surface area contributed by atoms with Crippen LogP contribution in [0.3, 0.4) is 0 Å². The minimum absolute atomic E-state index is 0.369. The number of nitrogen functional groups attached to an aromatic ring is 1. The summed E-state index contributed by atoms with van der Waals surface area (Å²) in [7, 11) is 0. The lowest BCUT2D eigenvalue weighted by molar-refractivity contribution is 0.675. The third-order valence-electron chi connectivity index (χ3n) is 3.09. The SMILES string of the molecule is Cc1c(N)cnc(N(Cc2cccs2)C(C)C)c1Br. The van der Waals surface area contributed by atoms with E-state index >= 15 is 0 Å². The summed E-state index contributed by atoms with van der Waals surface area (Å²) in [5.41, 5.74) is 7.65. The van der Waals surface area contributed by atoms with Crippen molar-refractivity contribution in [3.8, 4) is 0 Å². The summed E-state index contributed by atoms with van der Waals surface area (Å²) >= 11 is 5.39. The molecule has 2 heterocycles. The van der Waals surface area contributed by atoms with Gasteiger partial charge in [0.25, 0.3) is 0 Å². The summed E-state index contributed by atoms with van der Waals surface area (Å²) in [5, 5.41) is 2.10. The van der Waals surface area contributed by atoms with Gasteiger partial charge in [-0.1, -0.05) is 6.07 Å². The van der Waals surface area contributed by atoms with Crippen LogP contribution in [0, 0.1) is 6.92 Å². The van der Waals surface area contributed by atoms with Gasteiger partial charge in [-0.25, -0.2) is 4.98 Å². The van der Waals surface area contributed by atoms with E-state index in [0.29, 0.717) is 6.04 Å². The molecule has 0 aliphatic rings. The zero-order chi connectivity index (χ0) is 14.0. The lowest BCUT2D eigenvalue weighted by Gasteiger charge is -2.29. The smallest absolute Gasteiger partial charge is 0.143 e. The predicted molar refractivity (Wildman–Crippen MR) is 86.7 cm³/mol. The Balaban J connectivity index is 2.37. The third-order valence-corrected chi connectivity index (χ3v) is 4.90. The second-order valence-corrected chi connectivity index (χ2v) is 6.60. The monoisotopic (exact) mass is 339 g/mol. The van der Waals surface area contributed by atoms with Gasteiger partial charge in [0.15, 0.2) is 0 Å². The largest absolute Gasteiger partial charge is 0.397 e. The molecule has 0 aromatic carbocycles. The van der Waals surface area contributed by atoms with Gasteiger partial charge in [0.1, 0.15) is 5.82 Å². The highest BCUT2D eigenvalue weighted by atomic mass is 79.9. The number of rotatable bonds is 4. The van der Waals surface area contributed by atoms with Crippen molar-refractivity contribution in [2.45, 2.75) is 33.4 Å². The first kappa shape index (κ1) is 14.3. The molecule has 0 saturated heterocycles. The highest BCUT2D eigenvalue weighted by Crippen LogP contribution is 2.32. The summed E-state index contributed by atoms with van der Waals surface area (Å²) in [5.74, 6) is 0.954. The zero-order valence-corrected chi connectivity index (χ0v) is 13.8. The molecule has 19 heavy (non-hydrogen) atoms. The van der Waals surface area contributed by atoms with Crippen molar-refractivity contribution in [1.29, 1.82) is 0 Å². The number of pyridine rings is 1. The molecule has 2 rings (SSSR count). The molecule has 3 nitrogen and oxygen atoms in total. The number of nitrogens with two attached hydrogens (primary N) is 1. The number of hydrogen-bond acceptors (Lipinski definition) is 4. The first-order valence-electron chi connectivity index (χ1n) is 6.20. The molecule has 0 spiro atoms. The Morgan fingerprint density at radius 2 is 2.21 bits per heavy atom. The summed E-state index contributed by atoms with van der Waals surface area (Å²) < 4.78 is 0.984. The second kappa shape index (κ2) is 5.92. The number of nitrogens with zero attached hydrogens (tertiary/aromatic N) is 2. The first-order valence-corrected chi connectivity index (χ1v) is 7.87. The Hall–Kier alpha value is -1.07. The molecule has 0 amide bonds. The van der Waals surface area contributed by atoms with Gasteiger partial charge in [-0.3, -0.25) is 0 Å². The van der Waals surface area contributed by atoms with Crippen molar-refractivity contribution in [3.05, 3.63) is 38.6 Å². The van der Waals surface area contributed by atoms with E-state index in [0.717, 1.165) is 28.1 Å². The summed E-state index contributed by atoms with van der Waals surface area (Å²) in [6, 6.07) is 4.60. The Bertz CT molecular complexity index is 552. The fourth-order valence-electron chi connectivity index (χ4n) is 1.85. The fraction of sp³-hybridized carbons (Fsp3) is 0.357. The van der Waals surface area contributed by atoms with Gasteiger partial charge >= 0.3 is 0 Å². The highest BCUT2D eigenvalue weighted by molar-refractivity contribution is 9.10. The van der Waals surface area contributed by atoms with Crippen molar-refractivity contribution in [2.24, 2.45) is 0 Å². The Kier molecular flexibility index (Phi) is 4.47. The van der Waals surface area contributed by atoms with Crippen LogP contribution in [0.4, 0.5) is 11.5 Å². The second-order valence-electron chi connectivity index (χ2n) is 4.78. The van der Waals surface area contributed by atoms with Crippen molar-refractivity contribution in [3.63, 3.8) is 0 Å². The van der Waals surface area contributed by atoms with Crippen molar-refractivity contribution in [1.82, 2.24) is 4.98 Å². The number of halogens is 1. The molecule has 0 aliphatic carbocycles. The number of hydrogen-bond donors (Lipinski definition) is 1. The van der Waals surface area contributed by atoms with E-state index in [4.69, 9.17) is 5.73 Å². The van der Waals surface area contributed by atoms with E-state index in [-0.39, 0.29) is 0 Å². The molecular weight excluding hydrogens is 322 g/mol. The fourth-order valence-corrected chi connectivity index (χ4v) is 3.11. The first-order chi connectivity index (χ1) is 9.00. The average molecular weight is 340 g/mol. The quantitative estimate of drug-likeness (QED) is 0.906. The van der Waals surface area contributed by atoms with E-state index < -0.39 is 0 Å². The average Bonchev–Trinajstić information content (AvgIpc) is 2.87. The van der Waals surface area contributed by atoms with Gasteiger partial charge in [-0.05, 0) is 53.7 Å². The summed E-state index contributed by atoms with van der Waals surface area (Å²) in [4.78, 5) is 8.11. The van der Waals surface area contributed by atoms with Gasteiger partial charge in [-0.15, -0.1) is 11.3 Å². The van der Waals surface area contributed by atoms with Crippen LogP contribution >= 0.6 is 27.3 Å². The molecule has 2 N–H and O–H groups in total. The standard InChI is InChI=1S/C14H18BrN3S/c1-9(2)18(8-11-5-4-6-19-11)14-13(15)10(3)12(16)7-17-14/h4-7,9H,8,16H2,1-3H3. The molecular formula is C14H18BrN3S. The van der Waals surface area contributed by atoms with E-state index in [1.165, 1.54) is 4.88 Å². The van der Waals surface area contributed by atoms with Crippen LogP contribution in [-0.4, -0.2) is 11.0 Å². The molecule has 0 unspecified atom stereocenters. The van der Waals surface area contributed by atoms with Gasteiger partial charge < -0.3 is 10.6 Å². The maximum absolute atomic E-state index is 5.89. The minimum atomic E-state index is 0.369. The van der Waals surface area contributed by atoms with Gasteiger partial charge in [-0.2, -0.15) is 0 Å². The number of thiophene rings is 1. The molecule has 0 aliphatic heterocycles. The molecule has 102 valence electrons. The molecule has 0 radical (unpaired) electrons. The van der Waals surface area contributed by atoms with Crippen LogP contribution in [-0.2, 0) is 6.54 Å². The molecule has 0 fully saturated rings. The Labute approximate surface area is 126 Å². The normalized spacial score (nSPS) is 11.0. The topological polar surface area (TPSA) is 42.1 Å². The van der Waals surface area contributed by atoms with E-state index in [2.05, 4.69) is 57.2 Å². The summed E-state index contributed by atoms with van der Waals surface area (Å²) in [6.07, 6.45) is 1.74. The highest BCUT2D eigenvalue weighted by Gasteiger charge is 2.18. The predicted octanol–water partition coefficient (Wildman–Crippen LogP) is 4.21. The lowest BCUT2D eigenvalue weighted by atomic mass is 10.2. The van der Waals surface area contributed by atoms with Gasteiger partial charge in [0.2, 0.25) is 0 Å². The molecule has 0 saturated carbocycles.